The number of nitrogens with zero attached hydrogens (tertiary/aromatic N) is 6. The van der Waals surface area contributed by atoms with Crippen molar-refractivity contribution in [2.75, 3.05) is 0 Å². The van der Waals surface area contributed by atoms with E-state index in [1.807, 2.05) is 12.1 Å². The molecular formula is C24H17ClFN7O. The number of H-pyrrole nitrogens is 1. The Hall–Kier alpha value is -4.11. The van der Waals surface area contributed by atoms with E-state index < -0.39 is 0 Å². The van der Waals surface area contributed by atoms with Crippen molar-refractivity contribution in [2.45, 2.75) is 18.9 Å². The van der Waals surface area contributed by atoms with Crippen molar-refractivity contribution in [1.29, 1.82) is 0 Å². The average molecular weight is 474 g/mol. The molecule has 5 aromatic rings. The zero-order valence-corrected chi connectivity index (χ0v) is 18.4. The molecule has 0 amide bonds. The molecule has 1 atom stereocenters. The third-order valence-electron chi connectivity index (χ3n) is 6.07. The first-order valence-electron chi connectivity index (χ1n) is 10.7. The maximum absolute atomic E-state index is 13.3. The van der Waals surface area contributed by atoms with E-state index in [9.17, 15) is 9.18 Å². The van der Waals surface area contributed by atoms with Crippen LogP contribution in [0.2, 0.25) is 5.02 Å². The number of hydrogen-bond acceptors (Lipinski definition) is 5. The van der Waals surface area contributed by atoms with E-state index >= 15 is 0 Å². The number of halogens is 2. The van der Waals surface area contributed by atoms with Gasteiger partial charge in [-0.2, -0.15) is 4.68 Å². The van der Waals surface area contributed by atoms with Gasteiger partial charge in [0.15, 0.2) is 0 Å². The van der Waals surface area contributed by atoms with Gasteiger partial charge < -0.3 is 9.55 Å². The van der Waals surface area contributed by atoms with Crippen molar-refractivity contribution in [3.63, 3.8) is 0 Å². The molecule has 0 saturated carbocycles. The first-order valence-corrected chi connectivity index (χ1v) is 11.0. The molecule has 34 heavy (non-hydrogen) atoms. The van der Waals surface area contributed by atoms with Crippen molar-refractivity contribution in [2.24, 2.45) is 0 Å². The molecule has 0 saturated heterocycles. The summed E-state index contributed by atoms with van der Waals surface area (Å²) in [6, 6.07) is 15.0. The Morgan fingerprint density at radius 3 is 2.71 bits per heavy atom. The summed E-state index contributed by atoms with van der Waals surface area (Å²) in [7, 11) is 0. The molecule has 0 radical (unpaired) electrons. The van der Waals surface area contributed by atoms with Gasteiger partial charge in [-0.25, -0.2) is 9.37 Å². The van der Waals surface area contributed by atoms with Crippen LogP contribution in [0.3, 0.4) is 0 Å². The zero-order chi connectivity index (χ0) is 23.2. The monoisotopic (exact) mass is 473 g/mol. The van der Waals surface area contributed by atoms with Crippen LogP contribution in [0, 0.1) is 5.82 Å². The van der Waals surface area contributed by atoms with E-state index in [0.717, 1.165) is 46.6 Å². The van der Waals surface area contributed by atoms with E-state index in [1.54, 1.807) is 45.8 Å². The number of aromatic nitrogens is 7. The minimum atomic E-state index is -0.293. The highest BCUT2D eigenvalue weighted by Crippen LogP contribution is 2.34. The lowest BCUT2D eigenvalue weighted by molar-refractivity contribution is 0.572. The summed E-state index contributed by atoms with van der Waals surface area (Å²) in [6.45, 7) is 0. The summed E-state index contributed by atoms with van der Waals surface area (Å²) < 4.78 is 16.6. The van der Waals surface area contributed by atoms with E-state index in [1.165, 1.54) is 18.5 Å². The Morgan fingerprint density at radius 2 is 1.91 bits per heavy atom. The number of hydrogen-bond donors (Lipinski definition) is 1. The number of benzene rings is 2. The summed E-state index contributed by atoms with van der Waals surface area (Å²) in [6.07, 6.45) is 4.68. The van der Waals surface area contributed by atoms with Gasteiger partial charge in [-0.15, -0.1) is 5.10 Å². The van der Waals surface area contributed by atoms with Crippen LogP contribution in [0.5, 0.6) is 0 Å². The molecule has 0 spiro atoms. The van der Waals surface area contributed by atoms with Gasteiger partial charge in [-0.05, 0) is 82.9 Å². The quantitative estimate of drug-likeness (QED) is 0.422. The van der Waals surface area contributed by atoms with Crippen molar-refractivity contribution in [3.8, 4) is 28.1 Å². The van der Waals surface area contributed by atoms with E-state index in [2.05, 4.69) is 25.5 Å². The first kappa shape index (κ1) is 20.5. The normalized spacial score (nSPS) is 14.9. The zero-order valence-electron chi connectivity index (χ0n) is 17.7. The molecule has 10 heteroatoms. The fourth-order valence-corrected chi connectivity index (χ4v) is 4.67. The summed E-state index contributed by atoms with van der Waals surface area (Å²) in [5.41, 5.74) is 4.63. The van der Waals surface area contributed by atoms with E-state index in [0.29, 0.717) is 10.8 Å². The van der Waals surface area contributed by atoms with Crippen LogP contribution < -0.4 is 5.56 Å². The maximum atomic E-state index is 13.3. The standard InChI is InChI=1S/C24H17ClFN7O/c25-16-3-7-21(32-13-28-30-31-32)19(11-16)15-9-18-6-8-22(33(18)23(34)10-15)24-27-12-20(29-24)14-1-4-17(26)5-2-14/h1-5,7,9-13,22H,6,8H2,(H,27,29)/t22-/m0/s1. The Labute approximate surface area is 197 Å². The number of tetrazole rings is 1. The second-order valence-electron chi connectivity index (χ2n) is 8.10. The molecule has 2 aromatic carbocycles. The fraction of sp³-hybridized carbons (Fsp3) is 0.125. The summed E-state index contributed by atoms with van der Waals surface area (Å²) >= 11 is 6.27. The van der Waals surface area contributed by atoms with Crippen molar-refractivity contribution < 1.29 is 4.39 Å². The molecule has 0 aliphatic carbocycles. The van der Waals surface area contributed by atoms with Crippen molar-refractivity contribution in [3.05, 3.63) is 99.8 Å². The number of rotatable bonds is 4. The lowest BCUT2D eigenvalue weighted by Gasteiger charge is -2.15. The van der Waals surface area contributed by atoms with E-state index in [-0.39, 0.29) is 17.4 Å². The van der Waals surface area contributed by atoms with Gasteiger partial charge >= 0.3 is 0 Å². The number of fused-ring (bicyclic) bond motifs is 1. The van der Waals surface area contributed by atoms with Gasteiger partial charge in [-0.3, -0.25) is 4.79 Å². The summed E-state index contributed by atoms with van der Waals surface area (Å²) in [5.74, 6) is 0.406. The van der Waals surface area contributed by atoms with Crippen molar-refractivity contribution >= 4 is 11.6 Å². The number of aromatic amines is 1. The van der Waals surface area contributed by atoms with Gasteiger partial charge in [0, 0.05) is 22.3 Å². The number of aryl methyl sites for hydroxylation is 1. The van der Waals surface area contributed by atoms with Crippen LogP contribution in [0.25, 0.3) is 28.1 Å². The third-order valence-corrected chi connectivity index (χ3v) is 6.30. The fourth-order valence-electron chi connectivity index (χ4n) is 4.50. The molecule has 1 aliphatic rings. The van der Waals surface area contributed by atoms with Crippen molar-refractivity contribution in [1.82, 2.24) is 34.7 Å². The molecule has 0 fully saturated rings. The van der Waals surface area contributed by atoms with Gasteiger partial charge in [0.25, 0.3) is 5.56 Å². The molecule has 8 nitrogen and oxygen atoms in total. The average Bonchev–Trinajstić information content (AvgIpc) is 3.60. The lowest BCUT2D eigenvalue weighted by atomic mass is 10.0. The van der Waals surface area contributed by atoms with Crippen LogP contribution in [0.4, 0.5) is 4.39 Å². The Morgan fingerprint density at radius 1 is 1.06 bits per heavy atom. The molecule has 1 aliphatic heterocycles. The Bertz CT molecular complexity index is 1560. The Balaban J connectivity index is 1.39. The van der Waals surface area contributed by atoms with Gasteiger partial charge in [-0.1, -0.05) is 11.6 Å². The molecule has 0 bridgehead atoms. The number of pyridine rings is 1. The van der Waals surface area contributed by atoms with Gasteiger partial charge in [0.05, 0.1) is 23.6 Å². The molecule has 4 heterocycles. The smallest absolute Gasteiger partial charge is 0.252 e. The van der Waals surface area contributed by atoms with E-state index in [4.69, 9.17) is 11.6 Å². The third kappa shape index (κ3) is 3.50. The van der Waals surface area contributed by atoms with Gasteiger partial charge in [0.1, 0.15) is 18.0 Å². The highest BCUT2D eigenvalue weighted by Gasteiger charge is 2.28. The molecule has 6 rings (SSSR count). The van der Waals surface area contributed by atoms with Crippen LogP contribution in [0.1, 0.15) is 24.0 Å². The second kappa shape index (κ2) is 8.03. The summed E-state index contributed by atoms with van der Waals surface area (Å²) in [5, 5.41) is 11.9. The molecule has 168 valence electrons. The van der Waals surface area contributed by atoms with Crippen LogP contribution in [0.15, 0.2) is 71.9 Å². The number of nitrogens with one attached hydrogen (secondary N) is 1. The van der Waals surface area contributed by atoms with Crippen LogP contribution >= 0.6 is 11.6 Å². The molecular weight excluding hydrogens is 457 g/mol. The highest BCUT2D eigenvalue weighted by atomic mass is 35.5. The van der Waals surface area contributed by atoms with Crippen LogP contribution in [-0.4, -0.2) is 34.7 Å². The molecule has 3 aromatic heterocycles. The topological polar surface area (TPSA) is 94.3 Å². The molecule has 1 N–H and O–H groups in total. The highest BCUT2D eigenvalue weighted by molar-refractivity contribution is 6.31. The minimum Gasteiger partial charge on any atom is -0.340 e. The number of imidazole rings is 1. The maximum Gasteiger partial charge on any atom is 0.252 e. The SMILES string of the molecule is O=c1cc(-c2cc(Cl)ccc2-n2cnnn2)cc2n1[C@H](c1ncc(-c3ccc(F)cc3)[nH]1)CC2. The first-order chi connectivity index (χ1) is 16.6. The predicted octanol–water partition coefficient (Wildman–Crippen LogP) is 4.21. The minimum absolute atomic E-state index is 0.127. The molecule has 0 unspecified atom stereocenters. The Kier molecular flexibility index (Phi) is 4.84. The van der Waals surface area contributed by atoms with Crippen LogP contribution in [-0.2, 0) is 6.42 Å². The lowest BCUT2D eigenvalue weighted by Crippen LogP contribution is -2.23. The predicted molar refractivity (Wildman–Crippen MR) is 124 cm³/mol. The van der Waals surface area contributed by atoms with Gasteiger partial charge in [0.2, 0.25) is 0 Å². The summed E-state index contributed by atoms with van der Waals surface area (Å²) in [4.78, 5) is 21.1. The second-order valence-corrected chi connectivity index (χ2v) is 8.54. The largest absolute Gasteiger partial charge is 0.340 e.